The molecule has 2 heterocycles. The number of methoxy groups -OCH3 is 1. The summed E-state index contributed by atoms with van der Waals surface area (Å²) in [6, 6.07) is 2.51. The van der Waals surface area contributed by atoms with Crippen LogP contribution in [0.2, 0.25) is 0 Å². The molecule has 1 N–H and O–H groups in total. The van der Waals surface area contributed by atoms with E-state index in [2.05, 4.69) is 20.2 Å². The van der Waals surface area contributed by atoms with E-state index in [4.69, 9.17) is 4.74 Å². The smallest absolute Gasteiger partial charge is 0.226 e. The van der Waals surface area contributed by atoms with Gasteiger partial charge in [0.25, 0.3) is 0 Å². The van der Waals surface area contributed by atoms with Crippen molar-refractivity contribution in [1.82, 2.24) is 15.3 Å². The van der Waals surface area contributed by atoms with Gasteiger partial charge in [0.2, 0.25) is 5.95 Å². The highest BCUT2D eigenvalue weighted by atomic mass is 16.5. The maximum Gasteiger partial charge on any atom is 0.226 e. The average molecular weight is 279 g/mol. The van der Waals surface area contributed by atoms with Crippen LogP contribution in [-0.2, 0) is 4.74 Å². The van der Waals surface area contributed by atoms with E-state index in [0.717, 1.165) is 38.0 Å². The zero-order valence-corrected chi connectivity index (χ0v) is 12.7. The summed E-state index contributed by atoms with van der Waals surface area (Å²) in [7, 11) is 5.66. The molecule has 0 bridgehead atoms. The molecule has 6 heteroatoms. The van der Waals surface area contributed by atoms with Crippen LogP contribution in [0.15, 0.2) is 12.3 Å². The topological polar surface area (TPSA) is 53.5 Å². The Hall–Kier alpha value is -1.40. The molecule has 1 aliphatic rings. The number of anilines is 2. The van der Waals surface area contributed by atoms with Crippen LogP contribution in [0.4, 0.5) is 11.8 Å². The standard InChI is InChI=1S/C14H25N5O/c1-18(2)14-16-7-6-13(17-14)19-9-4-5-12(19)11-15-8-10-20-3/h6-7,12,15H,4-5,8-11H2,1-3H3. The highest BCUT2D eigenvalue weighted by Crippen LogP contribution is 2.24. The first-order valence-corrected chi connectivity index (χ1v) is 7.19. The molecule has 0 spiro atoms. The summed E-state index contributed by atoms with van der Waals surface area (Å²) >= 11 is 0. The second-order valence-corrected chi connectivity index (χ2v) is 5.30. The average Bonchev–Trinajstić information content (AvgIpc) is 2.92. The molecular weight excluding hydrogens is 254 g/mol. The third kappa shape index (κ3) is 3.80. The van der Waals surface area contributed by atoms with Crippen molar-refractivity contribution in [2.75, 3.05) is 57.2 Å². The SMILES string of the molecule is COCCNCC1CCCN1c1ccnc(N(C)C)n1. The summed E-state index contributed by atoms with van der Waals surface area (Å²) in [5, 5.41) is 3.44. The fraction of sp³-hybridized carbons (Fsp3) is 0.714. The van der Waals surface area contributed by atoms with Gasteiger partial charge in [0.1, 0.15) is 5.82 Å². The van der Waals surface area contributed by atoms with Crippen LogP contribution in [0.25, 0.3) is 0 Å². The molecule has 1 aromatic rings. The van der Waals surface area contributed by atoms with Crippen molar-refractivity contribution in [3.8, 4) is 0 Å². The molecule has 112 valence electrons. The van der Waals surface area contributed by atoms with Crippen LogP contribution in [0.3, 0.4) is 0 Å². The number of aromatic nitrogens is 2. The quantitative estimate of drug-likeness (QED) is 0.743. The van der Waals surface area contributed by atoms with Gasteiger partial charge < -0.3 is 19.9 Å². The fourth-order valence-corrected chi connectivity index (χ4v) is 2.51. The first-order valence-electron chi connectivity index (χ1n) is 7.19. The van der Waals surface area contributed by atoms with Gasteiger partial charge in [-0.05, 0) is 18.9 Å². The lowest BCUT2D eigenvalue weighted by atomic mass is 10.2. The second-order valence-electron chi connectivity index (χ2n) is 5.30. The van der Waals surface area contributed by atoms with Gasteiger partial charge >= 0.3 is 0 Å². The van der Waals surface area contributed by atoms with E-state index in [1.807, 2.05) is 31.3 Å². The van der Waals surface area contributed by atoms with Crippen LogP contribution < -0.4 is 15.1 Å². The molecule has 0 aliphatic carbocycles. The molecule has 20 heavy (non-hydrogen) atoms. The summed E-state index contributed by atoms with van der Waals surface area (Å²) in [5.74, 6) is 1.79. The minimum absolute atomic E-state index is 0.511. The van der Waals surface area contributed by atoms with E-state index < -0.39 is 0 Å². The van der Waals surface area contributed by atoms with Crippen LogP contribution >= 0.6 is 0 Å². The Morgan fingerprint density at radius 2 is 2.35 bits per heavy atom. The molecule has 1 fully saturated rings. The van der Waals surface area contributed by atoms with Crippen LogP contribution in [0.5, 0.6) is 0 Å². The zero-order chi connectivity index (χ0) is 14.4. The number of nitrogens with one attached hydrogen (secondary N) is 1. The molecule has 1 unspecified atom stereocenters. The molecule has 1 aromatic heterocycles. The number of ether oxygens (including phenoxy) is 1. The van der Waals surface area contributed by atoms with Crippen molar-refractivity contribution in [2.45, 2.75) is 18.9 Å². The third-order valence-corrected chi connectivity index (χ3v) is 3.56. The normalized spacial score (nSPS) is 18.6. The Labute approximate surface area is 121 Å². The van der Waals surface area contributed by atoms with E-state index in [-0.39, 0.29) is 0 Å². The minimum atomic E-state index is 0.511. The van der Waals surface area contributed by atoms with Crippen molar-refractivity contribution in [3.05, 3.63) is 12.3 Å². The largest absolute Gasteiger partial charge is 0.383 e. The van der Waals surface area contributed by atoms with Crippen molar-refractivity contribution in [1.29, 1.82) is 0 Å². The van der Waals surface area contributed by atoms with E-state index in [0.29, 0.717) is 6.04 Å². The van der Waals surface area contributed by atoms with E-state index in [1.54, 1.807) is 7.11 Å². The van der Waals surface area contributed by atoms with Gasteiger partial charge in [-0.1, -0.05) is 0 Å². The predicted octanol–water partition coefficient (Wildman–Crippen LogP) is 0.747. The highest BCUT2D eigenvalue weighted by molar-refractivity contribution is 5.45. The van der Waals surface area contributed by atoms with Gasteiger partial charge in [-0.25, -0.2) is 4.98 Å². The summed E-state index contributed by atoms with van der Waals surface area (Å²) < 4.78 is 5.06. The molecule has 0 saturated carbocycles. The molecule has 2 rings (SSSR count). The highest BCUT2D eigenvalue weighted by Gasteiger charge is 2.25. The minimum Gasteiger partial charge on any atom is -0.383 e. The fourth-order valence-electron chi connectivity index (χ4n) is 2.51. The Morgan fingerprint density at radius 1 is 1.50 bits per heavy atom. The summed E-state index contributed by atoms with van der Waals surface area (Å²) in [4.78, 5) is 13.2. The Morgan fingerprint density at radius 3 is 3.10 bits per heavy atom. The number of nitrogens with zero attached hydrogens (tertiary/aromatic N) is 4. The second kappa shape index (κ2) is 7.40. The maximum atomic E-state index is 5.06. The Balaban J connectivity index is 1.97. The number of rotatable bonds is 7. The third-order valence-electron chi connectivity index (χ3n) is 3.56. The first kappa shape index (κ1) is 15.0. The number of hydrogen-bond donors (Lipinski definition) is 1. The van der Waals surface area contributed by atoms with Crippen molar-refractivity contribution >= 4 is 11.8 Å². The molecule has 1 atom stereocenters. The summed E-state index contributed by atoms with van der Waals surface area (Å²) in [6.45, 7) is 3.70. The zero-order valence-electron chi connectivity index (χ0n) is 12.7. The van der Waals surface area contributed by atoms with Gasteiger partial charge in [0.15, 0.2) is 0 Å². The van der Waals surface area contributed by atoms with Crippen molar-refractivity contribution in [3.63, 3.8) is 0 Å². The first-order chi connectivity index (χ1) is 9.72. The van der Waals surface area contributed by atoms with E-state index in [9.17, 15) is 0 Å². The van der Waals surface area contributed by atoms with Gasteiger partial charge in [-0.2, -0.15) is 4.98 Å². The molecule has 0 aromatic carbocycles. The van der Waals surface area contributed by atoms with Gasteiger partial charge in [0, 0.05) is 53.1 Å². The molecule has 0 radical (unpaired) electrons. The van der Waals surface area contributed by atoms with Crippen LogP contribution in [0, 0.1) is 0 Å². The lowest BCUT2D eigenvalue weighted by Gasteiger charge is -2.26. The van der Waals surface area contributed by atoms with Gasteiger partial charge in [0.05, 0.1) is 6.61 Å². The monoisotopic (exact) mass is 279 g/mol. The number of hydrogen-bond acceptors (Lipinski definition) is 6. The lowest BCUT2D eigenvalue weighted by Crippen LogP contribution is -2.39. The molecule has 1 aliphatic heterocycles. The van der Waals surface area contributed by atoms with E-state index in [1.165, 1.54) is 12.8 Å². The van der Waals surface area contributed by atoms with Gasteiger partial charge in [-0.15, -0.1) is 0 Å². The van der Waals surface area contributed by atoms with E-state index >= 15 is 0 Å². The maximum absolute atomic E-state index is 5.06. The summed E-state index contributed by atoms with van der Waals surface area (Å²) in [5.41, 5.74) is 0. The molecule has 6 nitrogen and oxygen atoms in total. The summed E-state index contributed by atoms with van der Waals surface area (Å²) in [6.07, 6.45) is 4.27. The molecule has 1 saturated heterocycles. The molecule has 0 amide bonds. The van der Waals surface area contributed by atoms with Gasteiger partial charge in [-0.3, -0.25) is 0 Å². The van der Waals surface area contributed by atoms with Crippen molar-refractivity contribution < 1.29 is 4.74 Å². The molecular formula is C14H25N5O. The van der Waals surface area contributed by atoms with Crippen molar-refractivity contribution in [2.24, 2.45) is 0 Å². The Bertz CT molecular complexity index is 412. The van der Waals surface area contributed by atoms with Crippen LogP contribution in [-0.4, -0.2) is 63.5 Å². The Kier molecular flexibility index (Phi) is 5.55. The predicted molar refractivity (Wildman–Crippen MR) is 81.5 cm³/mol. The lowest BCUT2D eigenvalue weighted by molar-refractivity contribution is 0.199. The van der Waals surface area contributed by atoms with Crippen LogP contribution in [0.1, 0.15) is 12.8 Å².